The van der Waals surface area contributed by atoms with Gasteiger partial charge >= 0.3 is 5.97 Å². The van der Waals surface area contributed by atoms with Gasteiger partial charge in [0.1, 0.15) is 30.0 Å². The molecule has 0 radical (unpaired) electrons. The molecule has 5 rings (SSSR count). The van der Waals surface area contributed by atoms with E-state index in [1.807, 2.05) is 65.5 Å². The number of rotatable bonds is 8. The van der Waals surface area contributed by atoms with E-state index in [2.05, 4.69) is 4.90 Å². The van der Waals surface area contributed by atoms with Crippen LogP contribution in [-0.2, 0) is 11.3 Å². The predicted molar refractivity (Wildman–Crippen MR) is 131 cm³/mol. The third-order valence-corrected chi connectivity index (χ3v) is 5.90. The maximum atomic E-state index is 13.3. The van der Waals surface area contributed by atoms with Crippen molar-refractivity contribution in [3.63, 3.8) is 0 Å². The number of carbonyl (C=O) groups is 1. The lowest BCUT2D eigenvalue weighted by Crippen LogP contribution is -2.54. The van der Waals surface area contributed by atoms with E-state index in [-0.39, 0.29) is 17.9 Å². The van der Waals surface area contributed by atoms with E-state index in [0.29, 0.717) is 31.0 Å². The number of anilines is 1. The van der Waals surface area contributed by atoms with E-state index in [1.54, 1.807) is 18.2 Å². The second-order valence-corrected chi connectivity index (χ2v) is 8.29. The quantitative estimate of drug-likeness (QED) is 0.328. The molecule has 4 aromatic rings. The number of methoxy groups -OCH3 is 1. The summed E-state index contributed by atoms with van der Waals surface area (Å²) in [4.78, 5) is 14.6. The zero-order chi connectivity index (χ0) is 24.2. The fourth-order valence-corrected chi connectivity index (χ4v) is 4.11. The van der Waals surface area contributed by atoms with E-state index in [9.17, 15) is 9.18 Å². The fraction of sp³-hybridized carbons (Fsp3) is 0.179. The first-order valence-corrected chi connectivity index (χ1v) is 11.3. The number of para-hydroxylation sites is 1. The first-order valence-electron chi connectivity index (χ1n) is 11.3. The van der Waals surface area contributed by atoms with Crippen LogP contribution in [0.3, 0.4) is 0 Å². The number of benzene rings is 3. The average molecular weight is 473 g/mol. The molecule has 0 N–H and O–H groups in total. The number of hydrogen-bond acceptors (Lipinski definition) is 5. The molecule has 1 aromatic heterocycles. The van der Waals surface area contributed by atoms with Gasteiger partial charge in [-0.1, -0.05) is 24.3 Å². The molecule has 178 valence electrons. The van der Waals surface area contributed by atoms with Crippen molar-refractivity contribution in [2.45, 2.75) is 12.7 Å². The van der Waals surface area contributed by atoms with Crippen LogP contribution in [0.15, 0.2) is 91.3 Å². The Morgan fingerprint density at radius 1 is 0.943 bits per heavy atom. The third kappa shape index (κ3) is 4.99. The van der Waals surface area contributed by atoms with E-state index in [0.717, 1.165) is 22.7 Å². The summed E-state index contributed by atoms with van der Waals surface area (Å²) < 4.78 is 32.0. The van der Waals surface area contributed by atoms with Gasteiger partial charge in [-0.05, 0) is 54.1 Å². The molecule has 0 bridgehead atoms. The van der Waals surface area contributed by atoms with Gasteiger partial charge in [0.2, 0.25) is 0 Å². The van der Waals surface area contributed by atoms with Gasteiger partial charge in [-0.3, -0.25) is 0 Å². The first kappa shape index (κ1) is 22.5. The van der Waals surface area contributed by atoms with Crippen LogP contribution in [0.4, 0.5) is 10.1 Å². The molecule has 1 saturated heterocycles. The van der Waals surface area contributed by atoms with Crippen molar-refractivity contribution >= 4 is 11.7 Å². The lowest BCUT2D eigenvalue weighted by molar-refractivity contribution is 0.0600. The SMILES string of the molecule is COC(=O)c1cccc(N2CC(Oc3ccc(COc4cccc(F)c4)cc3)C2)c1-n1cccc1. The molecule has 0 aliphatic carbocycles. The average Bonchev–Trinajstić information content (AvgIpc) is 3.39. The lowest BCUT2D eigenvalue weighted by atomic mass is 10.1. The Morgan fingerprint density at radius 3 is 2.40 bits per heavy atom. The van der Waals surface area contributed by atoms with E-state index >= 15 is 0 Å². The van der Waals surface area contributed by atoms with Gasteiger partial charge in [-0.25, -0.2) is 9.18 Å². The summed E-state index contributed by atoms with van der Waals surface area (Å²) in [5.41, 5.74) is 3.23. The van der Waals surface area contributed by atoms with Gasteiger partial charge in [-0.15, -0.1) is 0 Å². The van der Waals surface area contributed by atoms with Crippen LogP contribution in [0.1, 0.15) is 15.9 Å². The predicted octanol–water partition coefficient (Wildman–Crippen LogP) is 5.25. The molecular formula is C28H25FN2O4. The van der Waals surface area contributed by atoms with Crippen LogP contribution in [0.5, 0.6) is 11.5 Å². The summed E-state index contributed by atoms with van der Waals surface area (Å²) >= 11 is 0. The molecule has 0 saturated carbocycles. The fourth-order valence-electron chi connectivity index (χ4n) is 4.11. The van der Waals surface area contributed by atoms with Crippen molar-refractivity contribution < 1.29 is 23.4 Å². The Bertz CT molecular complexity index is 1300. The van der Waals surface area contributed by atoms with E-state index in [4.69, 9.17) is 14.2 Å². The van der Waals surface area contributed by atoms with Crippen LogP contribution in [0.25, 0.3) is 5.69 Å². The zero-order valence-corrected chi connectivity index (χ0v) is 19.3. The summed E-state index contributed by atoms with van der Waals surface area (Å²) in [6.07, 6.45) is 3.86. The topological polar surface area (TPSA) is 52.9 Å². The molecule has 0 amide bonds. The smallest absolute Gasteiger partial charge is 0.340 e. The minimum atomic E-state index is -0.370. The lowest BCUT2D eigenvalue weighted by Gasteiger charge is -2.41. The molecule has 1 aliphatic heterocycles. The standard InChI is InChI=1S/C28H25FN2O4/c1-33-28(32)25-8-5-9-26(27(25)30-14-2-3-15-30)31-17-24(18-31)35-22-12-10-20(11-13-22)19-34-23-7-4-6-21(29)16-23/h2-16,24H,17-19H2,1H3. The Balaban J connectivity index is 1.21. The number of hydrogen-bond donors (Lipinski definition) is 0. The highest BCUT2D eigenvalue weighted by Crippen LogP contribution is 2.33. The highest BCUT2D eigenvalue weighted by Gasteiger charge is 2.32. The van der Waals surface area contributed by atoms with Gasteiger partial charge < -0.3 is 23.7 Å². The minimum Gasteiger partial charge on any atom is -0.489 e. The van der Waals surface area contributed by atoms with Crippen molar-refractivity contribution in [3.05, 3.63) is 108 Å². The number of nitrogens with zero attached hydrogens (tertiary/aromatic N) is 2. The maximum absolute atomic E-state index is 13.3. The molecule has 0 spiro atoms. The summed E-state index contributed by atoms with van der Waals surface area (Å²) in [5, 5.41) is 0. The molecule has 35 heavy (non-hydrogen) atoms. The van der Waals surface area contributed by atoms with Crippen LogP contribution >= 0.6 is 0 Å². The molecule has 0 unspecified atom stereocenters. The molecule has 3 aromatic carbocycles. The number of esters is 1. The van der Waals surface area contributed by atoms with Crippen molar-refractivity contribution in [2.24, 2.45) is 0 Å². The van der Waals surface area contributed by atoms with Crippen LogP contribution in [0, 0.1) is 5.82 Å². The van der Waals surface area contributed by atoms with Crippen molar-refractivity contribution in [1.29, 1.82) is 0 Å². The van der Waals surface area contributed by atoms with Crippen molar-refractivity contribution in [1.82, 2.24) is 4.57 Å². The summed E-state index contributed by atoms with van der Waals surface area (Å²) in [5.74, 6) is 0.581. The van der Waals surface area contributed by atoms with Gasteiger partial charge in [-0.2, -0.15) is 0 Å². The third-order valence-electron chi connectivity index (χ3n) is 5.90. The van der Waals surface area contributed by atoms with Gasteiger partial charge in [0.05, 0.1) is 37.1 Å². The summed E-state index contributed by atoms with van der Waals surface area (Å²) in [7, 11) is 1.39. The Kier molecular flexibility index (Phi) is 6.39. The van der Waals surface area contributed by atoms with E-state index in [1.165, 1.54) is 19.2 Å². The van der Waals surface area contributed by atoms with Crippen molar-refractivity contribution in [2.75, 3.05) is 25.1 Å². The number of ether oxygens (including phenoxy) is 3. The molecule has 1 aliphatic rings. The second-order valence-electron chi connectivity index (χ2n) is 8.29. The Morgan fingerprint density at radius 2 is 1.69 bits per heavy atom. The summed E-state index contributed by atoms with van der Waals surface area (Å²) in [6, 6.07) is 23.3. The summed E-state index contributed by atoms with van der Waals surface area (Å²) in [6.45, 7) is 1.74. The number of carbonyl (C=O) groups excluding carboxylic acids is 1. The molecule has 0 atom stereocenters. The van der Waals surface area contributed by atoms with Crippen LogP contribution in [-0.4, -0.2) is 36.8 Å². The Labute approximate surface area is 203 Å². The maximum Gasteiger partial charge on any atom is 0.340 e. The molecule has 2 heterocycles. The van der Waals surface area contributed by atoms with Crippen LogP contribution < -0.4 is 14.4 Å². The molecule has 7 heteroatoms. The zero-order valence-electron chi connectivity index (χ0n) is 19.3. The molecule has 6 nitrogen and oxygen atoms in total. The highest BCUT2D eigenvalue weighted by atomic mass is 19.1. The van der Waals surface area contributed by atoms with Gasteiger partial charge in [0.25, 0.3) is 0 Å². The van der Waals surface area contributed by atoms with Crippen LogP contribution in [0.2, 0.25) is 0 Å². The Hall–Kier alpha value is -4.26. The molecular weight excluding hydrogens is 447 g/mol. The highest BCUT2D eigenvalue weighted by molar-refractivity contribution is 5.96. The second kappa shape index (κ2) is 9.93. The number of aromatic nitrogens is 1. The normalized spacial score (nSPS) is 13.3. The minimum absolute atomic E-state index is 0.0312. The molecule has 1 fully saturated rings. The first-order chi connectivity index (χ1) is 17.1. The largest absolute Gasteiger partial charge is 0.489 e. The monoisotopic (exact) mass is 472 g/mol. The van der Waals surface area contributed by atoms with E-state index < -0.39 is 0 Å². The van der Waals surface area contributed by atoms with Gasteiger partial charge in [0.15, 0.2) is 0 Å². The van der Waals surface area contributed by atoms with Gasteiger partial charge in [0, 0.05) is 18.5 Å². The number of halogens is 1. The van der Waals surface area contributed by atoms with Crippen molar-refractivity contribution in [3.8, 4) is 17.2 Å².